The van der Waals surface area contributed by atoms with Crippen molar-refractivity contribution in [3.63, 3.8) is 0 Å². The number of rotatable bonds is 4. The van der Waals surface area contributed by atoms with E-state index in [9.17, 15) is 4.79 Å². The SMILES string of the molecule is CC(C)[C@@H](N)C(=O)Nc1cc(Br)ccc1N(C)C. The summed E-state index contributed by atoms with van der Waals surface area (Å²) in [5, 5.41) is 2.88. The van der Waals surface area contributed by atoms with Gasteiger partial charge in [0.25, 0.3) is 0 Å². The Hall–Kier alpha value is -1.07. The number of nitrogens with zero attached hydrogens (tertiary/aromatic N) is 1. The Morgan fingerprint density at radius 3 is 2.50 bits per heavy atom. The van der Waals surface area contributed by atoms with Gasteiger partial charge in [0.1, 0.15) is 0 Å². The molecule has 1 amide bonds. The fourth-order valence-electron chi connectivity index (χ4n) is 1.52. The Bertz CT molecular complexity index is 432. The van der Waals surface area contributed by atoms with Gasteiger partial charge in [-0.25, -0.2) is 0 Å². The number of halogens is 1. The molecule has 0 fully saturated rings. The molecular formula is C13H20BrN3O. The summed E-state index contributed by atoms with van der Waals surface area (Å²) in [6, 6.07) is 5.26. The van der Waals surface area contributed by atoms with E-state index in [-0.39, 0.29) is 11.8 Å². The number of anilines is 2. The van der Waals surface area contributed by atoms with Crippen LogP contribution in [0.4, 0.5) is 11.4 Å². The van der Waals surface area contributed by atoms with E-state index in [0.717, 1.165) is 15.8 Å². The Morgan fingerprint density at radius 1 is 1.39 bits per heavy atom. The summed E-state index contributed by atoms with van der Waals surface area (Å²) in [6.07, 6.45) is 0. The molecule has 0 radical (unpaired) electrons. The fourth-order valence-corrected chi connectivity index (χ4v) is 1.88. The number of benzene rings is 1. The molecule has 100 valence electrons. The minimum absolute atomic E-state index is 0.111. The van der Waals surface area contributed by atoms with Crippen molar-refractivity contribution in [1.29, 1.82) is 0 Å². The van der Waals surface area contributed by atoms with E-state index < -0.39 is 6.04 Å². The van der Waals surface area contributed by atoms with Gasteiger partial charge in [-0.3, -0.25) is 4.79 Å². The lowest BCUT2D eigenvalue weighted by Gasteiger charge is -2.21. The molecule has 5 heteroatoms. The lowest BCUT2D eigenvalue weighted by Crippen LogP contribution is -2.40. The highest BCUT2D eigenvalue weighted by Crippen LogP contribution is 2.28. The standard InChI is InChI=1S/C13H20BrN3O/c1-8(2)12(15)13(18)16-10-7-9(14)5-6-11(10)17(3)4/h5-8,12H,15H2,1-4H3,(H,16,18)/t12-/m1/s1. The van der Waals surface area contributed by atoms with Gasteiger partial charge in [-0.2, -0.15) is 0 Å². The van der Waals surface area contributed by atoms with Gasteiger partial charge in [-0.15, -0.1) is 0 Å². The lowest BCUT2D eigenvalue weighted by molar-refractivity contribution is -0.118. The van der Waals surface area contributed by atoms with Crippen molar-refractivity contribution in [2.24, 2.45) is 11.7 Å². The van der Waals surface area contributed by atoms with E-state index in [1.165, 1.54) is 0 Å². The van der Waals surface area contributed by atoms with Crippen LogP contribution in [0.25, 0.3) is 0 Å². The van der Waals surface area contributed by atoms with Gasteiger partial charge in [-0.05, 0) is 24.1 Å². The van der Waals surface area contributed by atoms with Gasteiger partial charge >= 0.3 is 0 Å². The predicted molar refractivity (Wildman–Crippen MR) is 79.9 cm³/mol. The van der Waals surface area contributed by atoms with Crippen LogP contribution >= 0.6 is 15.9 Å². The highest BCUT2D eigenvalue weighted by Gasteiger charge is 2.18. The molecule has 1 aromatic carbocycles. The largest absolute Gasteiger partial charge is 0.376 e. The molecule has 0 saturated carbocycles. The molecule has 1 rings (SSSR count). The third kappa shape index (κ3) is 3.71. The van der Waals surface area contributed by atoms with E-state index in [4.69, 9.17) is 5.73 Å². The second kappa shape index (κ2) is 6.20. The molecule has 0 aliphatic heterocycles. The summed E-state index contributed by atoms with van der Waals surface area (Å²) in [5.74, 6) is -0.0499. The number of nitrogens with one attached hydrogen (secondary N) is 1. The molecule has 0 aliphatic rings. The van der Waals surface area contributed by atoms with Gasteiger partial charge in [-0.1, -0.05) is 29.8 Å². The molecule has 1 aromatic rings. The Balaban J connectivity index is 2.96. The Kier molecular flexibility index (Phi) is 5.16. The molecule has 0 bridgehead atoms. The first kappa shape index (κ1) is 15.0. The molecule has 0 saturated heterocycles. The zero-order valence-electron chi connectivity index (χ0n) is 11.2. The van der Waals surface area contributed by atoms with Crippen molar-refractivity contribution < 1.29 is 4.79 Å². The minimum Gasteiger partial charge on any atom is -0.376 e. The number of hydrogen-bond donors (Lipinski definition) is 2. The van der Waals surface area contributed by atoms with Crippen LogP contribution in [0.1, 0.15) is 13.8 Å². The normalized spacial score (nSPS) is 12.4. The number of carbonyl (C=O) groups is 1. The maximum absolute atomic E-state index is 12.0. The van der Waals surface area contributed by atoms with Crippen molar-refractivity contribution in [3.8, 4) is 0 Å². The fraction of sp³-hybridized carbons (Fsp3) is 0.462. The summed E-state index contributed by atoms with van der Waals surface area (Å²) >= 11 is 3.40. The number of carbonyl (C=O) groups excluding carboxylic acids is 1. The first-order chi connectivity index (χ1) is 8.32. The van der Waals surface area contributed by atoms with Crippen LogP contribution in [0.5, 0.6) is 0 Å². The van der Waals surface area contributed by atoms with Crippen molar-refractivity contribution in [2.45, 2.75) is 19.9 Å². The smallest absolute Gasteiger partial charge is 0.241 e. The molecular weight excluding hydrogens is 294 g/mol. The molecule has 3 N–H and O–H groups in total. The monoisotopic (exact) mass is 313 g/mol. The maximum atomic E-state index is 12.0. The molecule has 18 heavy (non-hydrogen) atoms. The average molecular weight is 314 g/mol. The summed E-state index contributed by atoms with van der Waals surface area (Å²) in [4.78, 5) is 13.9. The molecule has 4 nitrogen and oxygen atoms in total. The number of amides is 1. The van der Waals surface area contributed by atoms with Crippen LogP contribution in [0.3, 0.4) is 0 Å². The Morgan fingerprint density at radius 2 is 2.00 bits per heavy atom. The lowest BCUT2D eigenvalue weighted by atomic mass is 10.0. The molecule has 1 atom stereocenters. The minimum atomic E-state index is -0.501. The topological polar surface area (TPSA) is 58.4 Å². The first-order valence-electron chi connectivity index (χ1n) is 5.86. The van der Waals surface area contributed by atoms with E-state index in [1.807, 2.05) is 51.0 Å². The second-order valence-corrected chi connectivity index (χ2v) is 5.73. The van der Waals surface area contributed by atoms with E-state index in [0.29, 0.717) is 0 Å². The maximum Gasteiger partial charge on any atom is 0.241 e. The third-order valence-corrected chi connectivity index (χ3v) is 3.21. The van der Waals surface area contributed by atoms with Crippen molar-refractivity contribution in [3.05, 3.63) is 22.7 Å². The van der Waals surface area contributed by atoms with Crippen molar-refractivity contribution in [2.75, 3.05) is 24.3 Å². The third-order valence-electron chi connectivity index (χ3n) is 2.72. The van der Waals surface area contributed by atoms with Gasteiger partial charge in [0.2, 0.25) is 5.91 Å². The quantitative estimate of drug-likeness (QED) is 0.897. The average Bonchev–Trinajstić information content (AvgIpc) is 2.27. The van der Waals surface area contributed by atoms with Crippen molar-refractivity contribution >= 4 is 33.2 Å². The predicted octanol–water partition coefficient (Wildman–Crippen LogP) is 2.44. The van der Waals surface area contributed by atoms with Gasteiger partial charge in [0.15, 0.2) is 0 Å². The first-order valence-corrected chi connectivity index (χ1v) is 6.65. The highest BCUT2D eigenvalue weighted by molar-refractivity contribution is 9.10. The van der Waals surface area contributed by atoms with E-state index in [1.54, 1.807) is 0 Å². The van der Waals surface area contributed by atoms with Gasteiger partial charge in [0.05, 0.1) is 17.4 Å². The van der Waals surface area contributed by atoms with Crippen LogP contribution in [0.15, 0.2) is 22.7 Å². The van der Waals surface area contributed by atoms with Crippen LogP contribution in [0.2, 0.25) is 0 Å². The van der Waals surface area contributed by atoms with E-state index in [2.05, 4.69) is 21.2 Å². The zero-order chi connectivity index (χ0) is 13.9. The summed E-state index contributed by atoms with van der Waals surface area (Å²) in [5.41, 5.74) is 7.54. The molecule has 0 heterocycles. The van der Waals surface area contributed by atoms with Gasteiger partial charge in [0, 0.05) is 18.6 Å². The molecule has 0 unspecified atom stereocenters. The number of hydrogen-bond acceptors (Lipinski definition) is 3. The molecule has 0 aromatic heterocycles. The van der Waals surface area contributed by atoms with Crippen LogP contribution < -0.4 is 16.0 Å². The van der Waals surface area contributed by atoms with E-state index >= 15 is 0 Å². The highest BCUT2D eigenvalue weighted by atomic mass is 79.9. The molecule has 0 spiro atoms. The van der Waals surface area contributed by atoms with Gasteiger partial charge < -0.3 is 16.0 Å². The molecule has 0 aliphatic carbocycles. The zero-order valence-corrected chi connectivity index (χ0v) is 12.8. The second-order valence-electron chi connectivity index (χ2n) is 4.81. The number of nitrogens with two attached hydrogens (primary N) is 1. The summed E-state index contributed by atoms with van der Waals surface area (Å²) < 4.78 is 0.918. The van der Waals surface area contributed by atoms with Crippen LogP contribution in [-0.4, -0.2) is 26.0 Å². The summed E-state index contributed by atoms with van der Waals surface area (Å²) in [7, 11) is 3.86. The van der Waals surface area contributed by atoms with Crippen LogP contribution in [0, 0.1) is 5.92 Å². The Labute approximate surface area is 117 Å². The van der Waals surface area contributed by atoms with Crippen molar-refractivity contribution in [1.82, 2.24) is 0 Å². The van der Waals surface area contributed by atoms with Crippen LogP contribution in [-0.2, 0) is 4.79 Å². The summed E-state index contributed by atoms with van der Waals surface area (Å²) in [6.45, 7) is 3.86.